The number of rotatable bonds is 11. The maximum absolute atomic E-state index is 2.49. The number of hydrogen-bond acceptors (Lipinski definition) is 4. The quantitative estimate of drug-likeness (QED) is 0.168. The maximum Gasteiger partial charge on any atom is 0.0542 e. The third kappa shape index (κ3) is 4.21. The Hall–Kier alpha value is -0.940. The Morgan fingerprint density at radius 3 is 1.97 bits per heavy atom. The molecule has 0 fully saturated rings. The molecule has 0 aliphatic carbocycles. The van der Waals surface area contributed by atoms with Gasteiger partial charge in [-0.25, -0.2) is 0 Å². The lowest BCUT2D eigenvalue weighted by molar-refractivity contribution is 0.557. The zero-order chi connectivity index (χ0) is 20.3. The molecule has 1 aromatic carbocycles. The van der Waals surface area contributed by atoms with Crippen LogP contribution in [0.2, 0.25) is 0 Å². The first-order valence-electron chi connectivity index (χ1n) is 11.6. The zero-order valence-electron chi connectivity index (χ0n) is 17.8. The Morgan fingerprint density at radius 1 is 0.600 bits per heavy atom. The van der Waals surface area contributed by atoms with Crippen molar-refractivity contribution in [2.24, 2.45) is 0 Å². The van der Waals surface area contributed by atoms with E-state index >= 15 is 0 Å². The van der Waals surface area contributed by atoms with Crippen LogP contribution in [0.25, 0.3) is 39.0 Å². The molecule has 0 saturated carbocycles. The van der Waals surface area contributed by atoms with Gasteiger partial charge in [0, 0.05) is 25.0 Å². The summed E-state index contributed by atoms with van der Waals surface area (Å²) < 4.78 is 8.94. The molecule has 0 amide bonds. The number of unbranched alkanes of at least 4 members (excludes halogenated alkanes) is 9. The maximum atomic E-state index is 2.49. The van der Waals surface area contributed by atoms with E-state index in [9.17, 15) is 0 Å². The highest BCUT2D eigenvalue weighted by molar-refractivity contribution is 7.38. The molecule has 0 unspecified atom stereocenters. The number of benzene rings is 1. The highest BCUT2D eigenvalue weighted by Gasteiger charge is 2.15. The largest absolute Gasteiger partial charge is 0.142 e. The van der Waals surface area contributed by atoms with Crippen molar-refractivity contribution in [3.8, 4) is 0 Å². The number of hydrogen-bond donors (Lipinski definition) is 0. The Kier molecular flexibility index (Phi) is 6.76. The standard InChI is InChI=1S/C26H30S4/c1-2-3-4-5-6-7-8-9-10-11-12-18-17-22-24(28-18)20-14-13-19-23-21(15-16-27-23)29-25(19)26(20)30-22/h13-17H,2-12H2,1H3. The molecule has 0 atom stereocenters. The topological polar surface area (TPSA) is 0 Å². The molecule has 4 heteroatoms. The monoisotopic (exact) mass is 470 g/mol. The first-order chi connectivity index (χ1) is 14.8. The van der Waals surface area contributed by atoms with Crippen LogP contribution in [-0.2, 0) is 6.42 Å². The van der Waals surface area contributed by atoms with Crippen molar-refractivity contribution in [3.05, 3.63) is 34.5 Å². The molecular formula is C26H30S4. The van der Waals surface area contributed by atoms with Crippen molar-refractivity contribution in [1.82, 2.24) is 0 Å². The second-order valence-electron chi connectivity index (χ2n) is 8.48. The fourth-order valence-electron chi connectivity index (χ4n) is 4.51. The second kappa shape index (κ2) is 9.68. The Balaban J connectivity index is 1.18. The van der Waals surface area contributed by atoms with E-state index < -0.39 is 0 Å². The lowest BCUT2D eigenvalue weighted by Gasteiger charge is -2.02. The Bertz CT molecular complexity index is 1250. The average Bonchev–Trinajstić information content (AvgIpc) is 3.48. The fourth-order valence-corrected chi connectivity index (χ4v) is 9.67. The van der Waals surface area contributed by atoms with Gasteiger partial charge in [0.25, 0.3) is 0 Å². The summed E-state index contributed by atoms with van der Waals surface area (Å²) in [5.41, 5.74) is 0. The lowest BCUT2D eigenvalue weighted by Crippen LogP contribution is -1.84. The third-order valence-electron chi connectivity index (χ3n) is 6.18. The van der Waals surface area contributed by atoms with Crippen molar-refractivity contribution in [3.63, 3.8) is 0 Å². The van der Waals surface area contributed by atoms with E-state index in [1.807, 2.05) is 45.3 Å². The molecule has 0 saturated heterocycles. The molecule has 0 aliphatic heterocycles. The van der Waals surface area contributed by atoms with Crippen LogP contribution < -0.4 is 0 Å². The Labute approximate surface area is 195 Å². The van der Waals surface area contributed by atoms with Gasteiger partial charge >= 0.3 is 0 Å². The van der Waals surface area contributed by atoms with Crippen molar-refractivity contribution in [2.75, 3.05) is 0 Å². The van der Waals surface area contributed by atoms with E-state index in [0.717, 1.165) is 0 Å². The molecular weight excluding hydrogens is 441 g/mol. The molecule has 0 bridgehead atoms. The summed E-state index contributed by atoms with van der Waals surface area (Å²) in [7, 11) is 0. The molecule has 5 rings (SSSR count). The molecule has 0 aliphatic rings. The van der Waals surface area contributed by atoms with Crippen LogP contribution >= 0.6 is 45.3 Å². The molecule has 0 spiro atoms. The summed E-state index contributed by atoms with van der Waals surface area (Å²) in [5.74, 6) is 0. The minimum atomic E-state index is 1.26. The predicted octanol–water partition coefficient (Wildman–Crippen LogP) is 11.0. The van der Waals surface area contributed by atoms with Crippen LogP contribution in [0.1, 0.15) is 76.0 Å². The summed E-state index contributed by atoms with van der Waals surface area (Å²) in [6.45, 7) is 2.30. The minimum absolute atomic E-state index is 1.26. The summed E-state index contributed by atoms with van der Waals surface area (Å²) in [6, 6.07) is 9.50. The van der Waals surface area contributed by atoms with Crippen molar-refractivity contribution < 1.29 is 0 Å². The van der Waals surface area contributed by atoms with Crippen LogP contribution in [0.3, 0.4) is 0 Å². The van der Waals surface area contributed by atoms with Gasteiger partial charge in [0.1, 0.15) is 0 Å². The molecule has 4 heterocycles. The zero-order valence-corrected chi connectivity index (χ0v) is 21.1. The first kappa shape index (κ1) is 20.9. The number of aryl methyl sites for hydroxylation is 1. The van der Waals surface area contributed by atoms with E-state index in [0.29, 0.717) is 0 Å². The summed E-state index contributed by atoms with van der Waals surface area (Å²) in [4.78, 5) is 1.59. The van der Waals surface area contributed by atoms with E-state index in [2.05, 4.69) is 36.6 Å². The average molecular weight is 471 g/mol. The van der Waals surface area contributed by atoms with Crippen LogP contribution in [0.15, 0.2) is 29.6 Å². The van der Waals surface area contributed by atoms with Gasteiger partial charge in [-0.2, -0.15) is 0 Å². The highest BCUT2D eigenvalue weighted by atomic mass is 32.1. The normalized spacial score (nSPS) is 12.3. The molecule has 0 radical (unpaired) electrons. The van der Waals surface area contributed by atoms with Gasteiger partial charge in [0.2, 0.25) is 0 Å². The van der Waals surface area contributed by atoms with Gasteiger partial charge in [-0.3, -0.25) is 0 Å². The molecule has 30 heavy (non-hydrogen) atoms. The van der Waals surface area contributed by atoms with Crippen LogP contribution in [0.5, 0.6) is 0 Å². The lowest BCUT2D eigenvalue weighted by atomic mass is 10.1. The third-order valence-corrected chi connectivity index (χ3v) is 11.1. The summed E-state index contributed by atoms with van der Waals surface area (Å²) >= 11 is 7.92. The number of fused-ring (bicyclic) bond motifs is 7. The summed E-state index contributed by atoms with van der Waals surface area (Å²) in [6.07, 6.45) is 15.4. The van der Waals surface area contributed by atoms with Gasteiger partial charge < -0.3 is 0 Å². The second-order valence-corrected chi connectivity index (χ2v) is 12.6. The van der Waals surface area contributed by atoms with E-state index in [-0.39, 0.29) is 0 Å². The summed E-state index contributed by atoms with van der Waals surface area (Å²) in [5, 5.41) is 5.16. The van der Waals surface area contributed by atoms with Gasteiger partial charge in [-0.05, 0) is 30.4 Å². The van der Waals surface area contributed by atoms with Crippen molar-refractivity contribution >= 4 is 84.3 Å². The fraction of sp³-hybridized carbons (Fsp3) is 0.462. The van der Waals surface area contributed by atoms with E-state index in [4.69, 9.17) is 0 Å². The minimum Gasteiger partial charge on any atom is -0.142 e. The van der Waals surface area contributed by atoms with Gasteiger partial charge in [0.05, 0.1) is 18.8 Å². The predicted molar refractivity (Wildman–Crippen MR) is 144 cm³/mol. The van der Waals surface area contributed by atoms with Crippen LogP contribution in [-0.4, -0.2) is 0 Å². The van der Waals surface area contributed by atoms with Gasteiger partial charge in [0.15, 0.2) is 0 Å². The molecule has 0 N–H and O–H groups in total. The molecule has 5 aromatic rings. The van der Waals surface area contributed by atoms with Crippen LogP contribution in [0, 0.1) is 0 Å². The Morgan fingerprint density at radius 2 is 1.23 bits per heavy atom. The van der Waals surface area contributed by atoms with Gasteiger partial charge in [-0.15, -0.1) is 45.3 Å². The number of thiophene rings is 4. The van der Waals surface area contributed by atoms with Crippen LogP contribution in [0.4, 0.5) is 0 Å². The molecule has 0 nitrogen and oxygen atoms in total. The van der Waals surface area contributed by atoms with E-state index in [1.54, 1.807) is 4.88 Å². The van der Waals surface area contributed by atoms with E-state index in [1.165, 1.54) is 110 Å². The molecule has 158 valence electrons. The highest BCUT2D eigenvalue weighted by Crippen LogP contribution is 2.47. The first-order valence-corrected chi connectivity index (χ1v) is 14.9. The smallest absolute Gasteiger partial charge is 0.0542 e. The van der Waals surface area contributed by atoms with Crippen molar-refractivity contribution in [1.29, 1.82) is 0 Å². The SMILES string of the molecule is CCCCCCCCCCCCc1cc2sc3c(ccc4c5sccc5sc43)c2s1. The van der Waals surface area contributed by atoms with Crippen molar-refractivity contribution in [2.45, 2.75) is 77.6 Å². The van der Waals surface area contributed by atoms with Gasteiger partial charge in [-0.1, -0.05) is 76.8 Å². The molecule has 4 aromatic heterocycles.